The van der Waals surface area contributed by atoms with Gasteiger partial charge in [0.25, 0.3) is 5.56 Å². The summed E-state index contributed by atoms with van der Waals surface area (Å²) in [6.45, 7) is 3.46. The molecule has 0 aromatic carbocycles. The highest BCUT2D eigenvalue weighted by atomic mass is 16.2. The van der Waals surface area contributed by atoms with E-state index >= 15 is 0 Å². The summed E-state index contributed by atoms with van der Waals surface area (Å²) in [5.41, 5.74) is 2.55. The topological polar surface area (TPSA) is 73.7 Å². The fraction of sp³-hybridized carbons (Fsp3) is 0.562. The molecular weight excluding hydrogens is 294 g/mol. The number of likely N-dealkylation sites (tertiary alicyclic amines) is 1. The highest BCUT2D eigenvalue weighted by Gasteiger charge is 2.26. The number of H-pyrrole nitrogens is 1. The lowest BCUT2D eigenvalue weighted by Crippen LogP contribution is -2.43. The highest BCUT2D eigenvalue weighted by Crippen LogP contribution is 2.27. The molecule has 2 aromatic rings. The normalized spacial score (nSPS) is 16.0. The van der Waals surface area contributed by atoms with Crippen molar-refractivity contribution in [3.8, 4) is 0 Å². The maximum Gasteiger partial charge on any atom is 0.319 e. The Balaban J connectivity index is 1.82. The number of urea groups is 1. The average molecular weight is 317 g/mol. The van der Waals surface area contributed by atoms with Crippen molar-refractivity contribution < 1.29 is 4.79 Å². The molecule has 0 radical (unpaired) electrons. The van der Waals surface area contributed by atoms with Gasteiger partial charge in [-0.3, -0.25) is 9.89 Å². The van der Waals surface area contributed by atoms with E-state index in [1.165, 1.54) is 4.52 Å². The summed E-state index contributed by atoms with van der Waals surface area (Å²) >= 11 is 0. The number of aryl methyl sites for hydroxylation is 1. The van der Waals surface area contributed by atoms with E-state index in [1.807, 2.05) is 18.0 Å². The molecule has 1 fully saturated rings. The number of hydrogen-bond donors (Lipinski definition) is 1. The van der Waals surface area contributed by atoms with E-state index in [-0.39, 0.29) is 17.5 Å². The lowest BCUT2D eigenvalue weighted by Gasteiger charge is -2.33. The molecular formula is C16H23N5O2. The smallest absolute Gasteiger partial charge is 0.319 e. The van der Waals surface area contributed by atoms with Gasteiger partial charge in [-0.15, -0.1) is 0 Å². The van der Waals surface area contributed by atoms with E-state index in [4.69, 9.17) is 4.98 Å². The molecule has 0 unspecified atom stereocenters. The van der Waals surface area contributed by atoms with Crippen molar-refractivity contribution in [2.45, 2.75) is 32.1 Å². The van der Waals surface area contributed by atoms with Crippen LogP contribution in [0.3, 0.4) is 0 Å². The fourth-order valence-corrected chi connectivity index (χ4v) is 3.17. The monoisotopic (exact) mass is 317 g/mol. The molecule has 1 aliphatic rings. The second kappa shape index (κ2) is 6.06. The third-order valence-corrected chi connectivity index (χ3v) is 4.54. The highest BCUT2D eigenvalue weighted by molar-refractivity contribution is 5.73. The number of carbonyl (C=O) groups is 1. The summed E-state index contributed by atoms with van der Waals surface area (Å²) in [7, 11) is 3.53. The second-order valence-corrected chi connectivity index (χ2v) is 6.27. The summed E-state index contributed by atoms with van der Waals surface area (Å²) < 4.78 is 1.49. The molecule has 3 rings (SSSR count). The average Bonchev–Trinajstić information content (AvgIpc) is 2.97. The predicted octanol–water partition coefficient (Wildman–Crippen LogP) is 1.45. The Morgan fingerprint density at radius 1 is 1.39 bits per heavy atom. The van der Waals surface area contributed by atoms with Crippen molar-refractivity contribution in [2.75, 3.05) is 27.2 Å². The Morgan fingerprint density at radius 2 is 2.09 bits per heavy atom. The van der Waals surface area contributed by atoms with Gasteiger partial charge in [0.15, 0.2) is 5.65 Å². The standard InChI is InChI=1S/C16H23N5O2/c1-4-11-10-17-21-14(22)9-13(18-15(11)21)12-5-7-20(8-6-12)16(23)19(2)3/h9-10,12,17H,4-8H2,1-3H3. The Labute approximate surface area is 134 Å². The minimum absolute atomic E-state index is 0.0471. The Hall–Kier alpha value is -2.31. The Bertz CT molecular complexity index is 768. The van der Waals surface area contributed by atoms with Gasteiger partial charge in [-0.25, -0.2) is 14.3 Å². The molecule has 23 heavy (non-hydrogen) atoms. The van der Waals surface area contributed by atoms with Crippen molar-refractivity contribution >= 4 is 11.7 Å². The minimum Gasteiger partial charge on any atom is -0.331 e. The molecule has 1 aliphatic heterocycles. The lowest BCUT2D eigenvalue weighted by atomic mass is 9.93. The van der Waals surface area contributed by atoms with Gasteiger partial charge in [0, 0.05) is 50.9 Å². The van der Waals surface area contributed by atoms with Crippen LogP contribution in [-0.2, 0) is 6.42 Å². The summed E-state index contributed by atoms with van der Waals surface area (Å²) in [6, 6.07) is 1.67. The van der Waals surface area contributed by atoms with E-state index in [0.717, 1.165) is 36.2 Å². The van der Waals surface area contributed by atoms with Crippen LogP contribution in [0.5, 0.6) is 0 Å². The zero-order valence-corrected chi connectivity index (χ0v) is 13.9. The van der Waals surface area contributed by atoms with Crippen molar-refractivity contribution in [1.29, 1.82) is 0 Å². The maximum absolute atomic E-state index is 12.3. The molecule has 0 spiro atoms. The quantitative estimate of drug-likeness (QED) is 0.911. The van der Waals surface area contributed by atoms with Gasteiger partial charge >= 0.3 is 6.03 Å². The number of amides is 2. The van der Waals surface area contributed by atoms with Crippen molar-refractivity contribution in [2.24, 2.45) is 0 Å². The van der Waals surface area contributed by atoms with Gasteiger partial charge in [0.1, 0.15) is 0 Å². The second-order valence-electron chi connectivity index (χ2n) is 6.27. The zero-order chi connectivity index (χ0) is 16.6. The number of piperidine rings is 1. The molecule has 2 aromatic heterocycles. The molecule has 7 nitrogen and oxygen atoms in total. The molecule has 1 N–H and O–H groups in total. The third kappa shape index (κ3) is 2.83. The third-order valence-electron chi connectivity index (χ3n) is 4.54. The molecule has 0 saturated carbocycles. The van der Waals surface area contributed by atoms with E-state index in [2.05, 4.69) is 5.10 Å². The van der Waals surface area contributed by atoms with Gasteiger partial charge < -0.3 is 9.80 Å². The van der Waals surface area contributed by atoms with Crippen LogP contribution in [0.4, 0.5) is 4.79 Å². The maximum atomic E-state index is 12.3. The van der Waals surface area contributed by atoms with Crippen LogP contribution in [0.2, 0.25) is 0 Å². The number of carbonyl (C=O) groups excluding carboxylic acids is 1. The van der Waals surface area contributed by atoms with Crippen LogP contribution in [-0.4, -0.2) is 57.6 Å². The summed E-state index contributed by atoms with van der Waals surface area (Å²) in [5.74, 6) is 0.235. The fourth-order valence-electron chi connectivity index (χ4n) is 3.17. The van der Waals surface area contributed by atoms with Crippen LogP contribution in [0, 0.1) is 0 Å². The van der Waals surface area contributed by atoms with Gasteiger partial charge in [0.2, 0.25) is 0 Å². The Morgan fingerprint density at radius 3 is 2.70 bits per heavy atom. The van der Waals surface area contributed by atoms with E-state index in [0.29, 0.717) is 13.1 Å². The van der Waals surface area contributed by atoms with Gasteiger partial charge in [-0.2, -0.15) is 0 Å². The first-order valence-electron chi connectivity index (χ1n) is 8.07. The Kier molecular flexibility index (Phi) is 4.11. The number of nitrogens with one attached hydrogen (secondary N) is 1. The van der Waals surface area contributed by atoms with Crippen LogP contribution >= 0.6 is 0 Å². The molecule has 0 aliphatic carbocycles. The van der Waals surface area contributed by atoms with E-state index < -0.39 is 0 Å². The largest absolute Gasteiger partial charge is 0.331 e. The van der Waals surface area contributed by atoms with Crippen LogP contribution in [0.1, 0.15) is 36.9 Å². The van der Waals surface area contributed by atoms with Gasteiger partial charge in [-0.05, 0) is 19.3 Å². The van der Waals surface area contributed by atoms with Crippen molar-refractivity contribution in [3.63, 3.8) is 0 Å². The van der Waals surface area contributed by atoms with Crippen molar-refractivity contribution in [1.82, 2.24) is 24.4 Å². The molecule has 124 valence electrons. The number of fused-ring (bicyclic) bond motifs is 1. The number of rotatable bonds is 2. The molecule has 7 heteroatoms. The summed E-state index contributed by atoms with van der Waals surface area (Å²) in [6.07, 6.45) is 4.35. The number of hydrogen-bond acceptors (Lipinski definition) is 3. The van der Waals surface area contributed by atoms with Crippen LogP contribution in [0.25, 0.3) is 5.65 Å². The summed E-state index contributed by atoms with van der Waals surface area (Å²) in [5, 5.41) is 2.96. The van der Waals surface area contributed by atoms with E-state index in [1.54, 1.807) is 25.1 Å². The van der Waals surface area contributed by atoms with E-state index in [9.17, 15) is 9.59 Å². The predicted molar refractivity (Wildman–Crippen MR) is 87.8 cm³/mol. The summed E-state index contributed by atoms with van der Waals surface area (Å²) in [4.78, 5) is 32.4. The molecule has 2 amide bonds. The first-order chi connectivity index (χ1) is 11.0. The minimum atomic E-state index is -0.0727. The number of aromatic nitrogens is 3. The van der Waals surface area contributed by atoms with Crippen LogP contribution < -0.4 is 5.56 Å². The molecule has 3 heterocycles. The molecule has 0 atom stereocenters. The molecule has 1 saturated heterocycles. The first-order valence-corrected chi connectivity index (χ1v) is 8.07. The zero-order valence-electron chi connectivity index (χ0n) is 13.9. The van der Waals surface area contributed by atoms with Crippen LogP contribution in [0.15, 0.2) is 17.1 Å². The van der Waals surface area contributed by atoms with Crippen molar-refractivity contribution in [3.05, 3.63) is 33.9 Å². The van der Waals surface area contributed by atoms with Gasteiger partial charge in [0.05, 0.1) is 5.69 Å². The molecule has 0 bridgehead atoms. The number of aromatic amines is 1. The first kappa shape index (κ1) is 15.6. The van der Waals surface area contributed by atoms with Gasteiger partial charge in [-0.1, -0.05) is 6.92 Å². The lowest BCUT2D eigenvalue weighted by molar-refractivity contribution is 0.156. The SMILES string of the molecule is CCc1c[nH]n2c(=O)cc(C3CCN(C(=O)N(C)C)CC3)nc12. The number of nitrogens with zero attached hydrogens (tertiary/aromatic N) is 4.